The number of aromatic nitrogens is 3. The lowest BCUT2D eigenvalue weighted by Gasteiger charge is -2.34. The number of halogens is 1. The molecule has 0 unspecified atom stereocenters. The van der Waals surface area contributed by atoms with E-state index in [0.29, 0.717) is 0 Å². The molecule has 0 radical (unpaired) electrons. The van der Waals surface area contributed by atoms with Gasteiger partial charge in [0.2, 0.25) is 0 Å². The van der Waals surface area contributed by atoms with Crippen LogP contribution >= 0.6 is 11.6 Å². The monoisotopic (exact) mass is 410 g/mol. The molecule has 152 valence electrons. The van der Waals surface area contributed by atoms with E-state index in [1.165, 1.54) is 5.69 Å². The molecular formula is C22H27ClN6. The van der Waals surface area contributed by atoms with Crippen LogP contribution in [0.3, 0.4) is 0 Å². The Labute approximate surface area is 176 Å². The van der Waals surface area contributed by atoms with Crippen LogP contribution < -0.4 is 10.2 Å². The summed E-state index contributed by atoms with van der Waals surface area (Å²) in [6.07, 6.45) is 5.04. The normalized spacial score (nSPS) is 23.6. The Morgan fingerprint density at radius 1 is 1.03 bits per heavy atom. The highest BCUT2D eigenvalue weighted by atomic mass is 35.5. The van der Waals surface area contributed by atoms with Crippen molar-refractivity contribution in [2.45, 2.75) is 31.3 Å². The Kier molecular flexibility index (Phi) is 5.16. The Hall–Kier alpha value is -2.15. The molecular weight excluding hydrogens is 384 g/mol. The number of fused-ring (bicyclic) bond motifs is 1. The van der Waals surface area contributed by atoms with Gasteiger partial charge < -0.3 is 14.8 Å². The summed E-state index contributed by atoms with van der Waals surface area (Å²) in [4.78, 5) is 18.0. The number of aromatic amines is 1. The third-order valence-corrected chi connectivity index (χ3v) is 6.51. The highest BCUT2D eigenvalue weighted by Crippen LogP contribution is 2.35. The van der Waals surface area contributed by atoms with Crippen molar-refractivity contribution < 1.29 is 0 Å². The number of likely N-dealkylation sites (N-methyl/N-ethyl adjacent to an activating group) is 1. The summed E-state index contributed by atoms with van der Waals surface area (Å²) in [7, 11) is 2.19. The number of piperidine rings is 1. The third kappa shape index (κ3) is 3.72. The topological polar surface area (TPSA) is 60.1 Å². The van der Waals surface area contributed by atoms with E-state index in [-0.39, 0.29) is 12.1 Å². The van der Waals surface area contributed by atoms with Gasteiger partial charge in [0.05, 0.1) is 39.5 Å². The molecule has 2 N–H and O–H groups in total. The van der Waals surface area contributed by atoms with Gasteiger partial charge >= 0.3 is 0 Å². The lowest BCUT2D eigenvalue weighted by molar-refractivity contribution is 0.313. The summed E-state index contributed by atoms with van der Waals surface area (Å²) in [5.74, 6) is 1.01. The maximum atomic E-state index is 6.40. The third-order valence-electron chi connectivity index (χ3n) is 6.19. The van der Waals surface area contributed by atoms with Crippen molar-refractivity contribution in [3.05, 3.63) is 53.1 Å². The zero-order valence-electron chi connectivity index (χ0n) is 16.7. The SMILES string of the molecule is CN1CCN(c2cccc3nc([C@H]4CCC[C@@H](c5ncccc5Cl)N4)[nH]c23)CC1. The smallest absolute Gasteiger partial charge is 0.124 e. The number of pyridine rings is 1. The van der Waals surface area contributed by atoms with Gasteiger partial charge in [-0.15, -0.1) is 0 Å². The molecule has 0 saturated carbocycles. The molecule has 0 aliphatic carbocycles. The Morgan fingerprint density at radius 2 is 1.86 bits per heavy atom. The molecule has 2 aliphatic heterocycles. The summed E-state index contributed by atoms with van der Waals surface area (Å²) in [6, 6.07) is 10.6. The van der Waals surface area contributed by atoms with Crippen LogP contribution in [0.5, 0.6) is 0 Å². The minimum Gasteiger partial charge on any atom is -0.367 e. The molecule has 3 aromatic rings. The van der Waals surface area contributed by atoms with E-state index in [0.717, 1.165) is 73.0 Å². The van der Waals surface area contributed by atoms with Crippen molar-refractivity contribution in [2.24, 2.45) is 0 Å². The average molecular weight is 411 g/mol. The zero-order valence-corrected chi connectivity index (χ0v) is 17.5. The van der Waals surface area contributed by atoms with Crippen LogP contribution in [-0.4, -0.2) is 53.1 Å². The van der Waals surface area contributed by atoms with Crippen LogP contribution in [-0.2, 0) is 0 Å². The fraction of sp³-hybridized carbons (Fsp3) is 0.455. The molecule has 5 rings (SSSR count). The first-order chi connectivity index (χ1) is 14.2. The number of hydrogen-bond acceptors (Lipinski definition) is 5. The van der Waals surface area contributed by atoms with Gasteiger partial charge in [0.25, 0.3) is 0 Å². The lowest BCUT2D eigenvalue weighted by atomic mass is 9.96. The molecule has 2 aliphatic rings. The number of benzene rings is 1. The van der Waals surface area contributed by atoms with Crippen molar-refractivity contribution in [3.8, 4) is 0 Å². The van der Waals surface area contributed by atoms with E-state index in [1.54, 1.807) is 0 Å². The van der Waals surface area contributed by atoms with E-state index in [2.05, 4.69) is 50.3 Å². The summed E-state index contributed by atoms with van der Waals surface area (Å²) >= 11 is 6.40. The average Bonchev–Trinajstić information content (AvgIpc) is 3.19. The Morgan fingerprint density at radius 3 is 2.69 bits per heavy atom. The standard InChI is InChI=1S/C22H27ClN6/c1-28-11-13-29(14-12-28)19-9-3-7-17-21(19)27-22(26-17)18-8-2-6-16(25-18)20-15(23)5-4-10-24-20/h3-5,7,9-10,16,18,25H,2,6,8,11-14H2,1H3,(H,26,27)/t16-,18+/m0/s1. The van der Waals surface area contributed by atoms with Gasteiger partial charge in [-0.3, -0.25) is 10.3 Å². The van der Waals surface area contributed by atoms with Gasteiger partial charge in [0, 0.05) is 32.4 Å². The van der Waals surface area contributed by atoms with Gasteiger partial charge in [-0.25, -0.2) is 4.98 Å². The highest BCUT2D eigenvalue weighted by molar-refractivity contribution is 6.31. The number of hydrogen-bond donors (Lipinski definition) is 2. The first kappa shape index (κ1) is 18.9. The van der Waals surface area contributed by atoms with Crippen LogP contribution in [0, 0.1) is 0 Å². The van der Waals surface area contributed by atoms with E-state index in [1.807, 2.05) is 18.3 Å². The molecule has 6 nitrogen and oxygen atoms in total. The Bertz CT molecular complexity index is 994. The van der Waals surface area contributed by atoms with Crippen LogP contribution in [0.25, 0.3) is 11.0 Å². The number of rotatable bonds is 3. The van der Waals surface area contributed by atoms with E-state index in [4.69, 9.17) is 16.6 Å². The van der Waals surface area contributed by atoms with E-state index < -0.39 is 0 Å². The zero-order chi connectivity index (χ0) is 19.8. The predicted molar refractivity (Wildman–Crippen MR) is 118 cm³/mol. The van der Waals surface area contributed by atoms with Gasteiger partial charge in [0.15, 0.2) is 0 Å². The Balaban J connectivity index is 1.42. The molecule has 2 saturated heterocycles. The number of imidazole rings is 1. The maximum absolute atomic E-state index is 6.40. The minimum atomic E-state index is 0.160. The second-order valence-electron chi connectivity index (χ2n) is 8.16. The molecule has 2 fully saturated rings. The molecule has 2 atom stereocenters. The number of piperazine rings is 1. The van der Waals surface area contributed by atoms with Crippen molar-refractivity contribution in [1.29, 1.82) is 0 Å². The van der Waals surface area contributed by atoms with Crippen molar-refractivity contribution in [3.63, 3.8) is 0 Å². The summed E-state index contributed by atoms with van der Waals surface area (Å²) in [5.41, 5.74) is 4.38. The molecule has 2 aromatic heterocycles. The maximum Gasteiger partial charge on any atom is 0.124 e. The molecule has 29 heavy (non-hydrogen) atoms. The molecule has 4 heterocycles. The van der Waals surface area contributed by atoms with Crippen LogP contribution in [0.15, 0.2) is 36.5 Å². The quantitative estimate of drug-likeness (QED) is 0.685. The van der Waals surface area contributed by atoms with Crippen molar-refractivity contribution in [2.75, 3.05) is 38.1 Å². The number of nitrogens with zero attached hydrogens (tertiary/aromatic N) is 4. The summed E-state index contributed by atoms with van der Waals surface area (Å²) in [6.45, 7) is 4.28. The number of para-hydroxylation sites is 1. The van der Waals surface area contributed by atoms with Gasteiger partial charge in [-0.2, -0.15) is 0 Å². The number of H-pyrrole nitrogens is 1. The second kappa shape index (κ2) is 7.94. The second-order valence-corrected chi connectivity index (χ2v) is 8.56. The molecule has 0 spiro atoms. The largest absolute Gasteiger partial charge is 0.367 e. The number of anilines is 1. The lowest BCUT2D eigenvalue weighted by Crippen LogP contribution is -2.44. The molecule has 0 amide bonds. The predicted octanol–water partition coefficient (Wildman–Crippen LogP) is 3.92. The highest BCUT2D eigenvalue weighted by Gasteiger charge is 2.28. The minimum absolute atomic E-state index is 0.160. The van der Waals surface area contributed by atoms with E-state index >= 15 is 0 Å². The molecule has 0 bridgehead atoms. The van der Waals surface area contributed by atoms with Gasteiger partial charge in [-0.05, 0) is 50.6 Å². The number of nitrogens with one attached hydrogen (secondary N) is 2. The fourth-order valence-electron chi connectivity index (χ4n) is 4.53. The first-order valence-electron chi connectivity index (χ1n) is 10.5. The van der Waals surface area contributed by atoms with Crippen molar-refractivity contribution >= 4 is 28.3 Å². The molecule has 1 aromatic carbocycles. The van der Waals surface area contributed by atoms with Crippen LogP contribution in [0.4, 0.5) is 5.69 Å². The van der Waals surface area contributed by atoms with Gasteiger partial charge in [0.1, 0.15) is 5.82 Å². The fourth-order valence-corrected chi connectivity index (χ4v) is 4.79. The molecule has 7 heteroatoms. The van der Waals surface area contributed by atoms with Crippen LogP contribution in [0.1, 0.15) is 42.9 Å². The van der Waals surface area contributed by atoms with Crippen molar-refractivity contribution in [1.82, 2.24) is 25.2 Å². The van der Waals surface area contributed by atoms with Crippen LogP contribution in [0.2, 0.25) is 5.02 Å². The van der Waals surface area contributed by atoms with Gasteiger partial charge in [-0.1, -0.05) is 17.7 Å². The summed E-state index contributed by atoms with van der Waals surface area (Å²) in [5, 5.41) is 4.46. The van der Waals surface area contributed by atoms with E-state index in [9.17, 15) is 0 Å². The first-order valence-corrected chi connectivity index (χ1v) is 10.9. The summed E-state index contributed by atoms with van der Waals surface area (Å²) < 4.78 is 0.